The van der Waals surface area contributed by atoms with Crippen molar-refractivity contribution >= 4 is 5.91 Å². The van der Waals surface area contributed by atoms with Gasteiger partial charge in [0.05, 0.1) is 25.9 Å². The lowest BCUT2D eigenvalue weighted by Crippen LogP contribution is -2.51. The van der Waals surface area contributed by atoms with Crippen molar-refractivity contribution in [3.63, 3.8) is 0 Å². The van der Waals surface area contributed by atoms with Crippen LogP contribution in [0.15, 0.2) is 48.8 Å². The Morgan fingerprint density at radius 2 is 2.12 bits per heavy atom. The summed E-state index contributed by atoms with van der Waals surface area (Å²) in [7, 11) is 0. The number of aliphatic hydroxyl groups excluding tert-OH is 1. The molecular weight excluding hydrogens is 332 g/mol. The number of aliphatic hydroxyl groups is 1. The Morgan fingerprint density at radius 1 is 1.27 bits per heavy atom. The molecule has 26 heavy (non-hydrogen) atoms. The van der Waals surface area contributed by atoms with E-state index in [4.69, 9.17) is 14.6 Å². The Kier molecular flexibility index (Phi) is 6.57. The largest absolute Gasteiger partial charge is 0.488 e. The molecule has 1 fully saturated rings. The first-order chi connectivity index (χ1) is 12.7. The number of rotatable bonds is 7. The van der Waals surface area contributed by atoms with Crippen molar-refractivity contribution in [1.29, 1.82) is 0 Å². The van der Waals surface area contributed by atoms with Crippen LogP contribution in [-0.2, 0) is 22.6 Å². The fourth-order valence-electron chi connectivity index (χ4n) is 2.93. The van der Waals surface area contributed by atoms with Crippen LogP contribution in [0.2, 0.25) is 0 Å². The summed E-state index contributed by atoms with van der Waals surface area (Å²) in [6.45, 7) is 1.06. The topological polar surface area (TPSA) is 80.7 Å². The number of nitrogens with one attached hydrogen (secondary N) is 1. The van der Waals surface area contributed by atoms with Gasteiger partial charge in [-0.2, -0.15) is 0 Å². The average Bonchev–Trinajstić information content (AvgIpc) is 2.69. The average molecular weight is 356 g/mol. The highest BCUT2D eigenvalue weighted by molar-refractivity contribution is 5.76. The number of ether oxygens (including phenoxy) is 2. The van der Waals surface area contributed by atoms with Crippen molar-refractivity contribution in [2.75, 3.05) is 13.2 Å². The molecule has 1 aliphatic heterocycles. The summed E-state index contributed by atoms with van der Waals surface area (Å²) in [5, 5.41) is 12.1. The van der Waals surface area contributed by atoms with Gasteiger partial charge in [0.15, 0.2) is 0 Å². The molecule has 6 heteroatoms. The molecule has 1 amide bonds. The zero-order valence-corrected chi connectivity index (χ0v) is 14.6. The van der Waals surface area contributed by atoms with Gasteiger partial charge in [-0.25, -0.2) is 0 Å². The van der Waals surface area contributed by atoms with Gasteiger partial charge in [0.1, 0.15) is 11.9 Å². The molecule has 0 saturated carbocycles. The van der Waals surface area contributed by atoms with Gasteiger partial charge in [0, 0.05) is 25.2 Å². The smallest absolute Gasteiger partial charge is 0.220 e. The van der Waals surface area contributed by atoms with Crippen LogP contribution in [0.3, 0.4) is 0 Å². The van der Waals surface area contributed by atoms with Crippen molar-refractivity contribution in [1.82, 2.24) is 10.3 Å². The van der Waals surface area contributed by atoms with E-state index in [0.29, 0.717) is 26.1 Å². The van der Waals surface area contributed by atoms with Gasteiger partial charge >= 0.3 is 0 Å². The fourth-order valence-corrected chi connectivity index (χ4v) is 2.93. The van der Waals surface area contributed by atoms with Crippen LogP contribution in [0.5, 0.6) is 5.75 Å². The van der Waals surface area contributed by atoms with Crippen molar-refractivity contribution in [3.8, 4) is 5.75 Å². The van der Waals surface area contributed by atoms with Crippen LogP contribution in [0.25, 0.3) is 0 Å². The summed E-state index contributed by atoms with van der Waals surface area (Å²) in [6, 6.07) is 11.0. The van der Waals surface area contributed by atoms with E-state index < -0.39 is 0 Å². The maximum absolute atomic E-state index is 12.3. The third kappa shape index (κ3) is 5.28. The number of aryl methyl sites for hydroxylation is 1. The summed E-state index contributed by atoms with van der Waals surface area (Å²) in [5.74, 6) is 0.706. The number of pyridine rings is 1. The third-order valence-electron chi connectivity index (χ3n) is 4.40. The molecule has 3 rings (SSSR count). The number of nitrogens with zero attached hydrogens (tertiary/aromatic N) is 1. The number of carbonyl (C=O) groups is 1. The van der Waals surface area contributed by atoms with E-state index in [1.54, 1.807) is 12.4 Å². The van der Waals surface area contributed by atoms with Crippen molar-refractivity contribution in [2.45, 2.75) is 38.0 Å². The van der Waals surface area contributed by atoms with Crippen molar-refractivity contribution < 1.29 is 19.4 Å². The number of aromatic nitrogens is 1. The summed E-state index contributed by atoms with van der Waals surface area (Å²) in [5.41, 5.74) is 1.88. The van der Waals surface area contributed by atoms with Gasteiger partial charge in [0.25, 0.3) is 0 Å². The van der Waals surface area contributed by atoms with E-state index >= 15 is 0 Å². The van der Waals surface area contributed by atoms with E-state index in [1.165, 1.54) is 0 Å². The molecular formula is C20H24N2O4. The molecule has 2 heterocycles. The number of carbonyl (C=O) groups excluding carboxylic acids is 1. The first kappa shape index (κ1) is 18.4. The first-order valence-corrected chi connectivity index (χ1v) is 8.87. The zero-order chi connectivity index (χ0) is 18.2. The maximum atomic E-state index is 12.3. The molecule has 1 aromatic heterocycles. The Balaban J connectivity index is 1.53. The minimum atomic E-state index is -0.178. The van der Waals surface area contributed by atoms with Crippen LogP contribution in [-0.4, -0.2) is 41.4 Å². The first-order valence-electron chi connectivity index (χ1n) is 8.87. The molecule has 0 radical (unpaired) electrons. The van der Waals surface area contributed by atoms with E-state index in [9.17, 15) is 4.79 Å². The zero-order valence-electron chi connectivity index (χ0n) is 14.6. The molecule has 1 saturated heterocycles. The van der Waals surface area contributed by atoms with Crippen LogP contribution in [0.1, 0.15) is 24.0 Å². The lowest BCUT2D eigenvalue weighted by Gasteiger charge is -2.32. The minimum absolute atomic E-state index is 0.00711. The second kappa shape index (κ2) is 9.31. The van der Waals surface area contributed by atoms with E-state index in [2.05, 4.69) is 10.3 Å². The van der Waals surface area contributed by atoms with Crippen LogP contribution >= 0.6 is 0 Å². The maximum Gasteiger partial charge on any atom is 0.220 e. The number of benzene rings is 1. The molecule has 2 atom stereocenters. The summed E-state index contributed by atoms with van der Waals surface area (Å²) < 4.78 is 11.6. The second-order valence-corrected chi connectivity index (χ2v) is 6.36. The lowest BCUT2D eigenvalue weighted by atomic mass is 10.1. The van der Waals surface area contributed by atoms with E-state index in [0.717, 1.165) is 23.3 Å². The van der Waals surface area contributed by atoms with Gasteiger partial charge in [-0.05, 0) is 35.7 Å². The standard InChI is InChI=1S/C20H24N2O4/c23-13-16-3-6-17(7-4-16)26-19-9-11-25-14-18(19)22-20(24)8-5-15-2-1-10-21-12-15/h1-4,6-7,10,12,18-19,23H,5,8-9,11,13-14H2,(H,22,24)/t18-,19-/m1/s1. The minimum Gasteiger partial charge on any atom is -0.488 e. The van der Waals surface area contributed by atoms with Gasteiger partial charge in [0.2, 0.25) is 5.91 Å². The Labute approximate surface area is 153 Å². The SMILES string of the molecule is O=C(CCc1cccnc1)N[C@@H]1COCC[C@H]1Oc1ccc(CO)cc1. The third-order valence-corrected chi connectivity index (χ3v) is 4.40. The molecule has 2 aromatic rings. The molecule has 0 aliphatic carbocycles. The fraction of sp³-hybridized carbons (Fsp3) is 0.400. The second-order valence-electron chi connectivity index (χ2n) is 6.36. The highest BCUT2D eigenvalue weighted by Gasteiger charge is 2.28. The van der Waals surface area contributed by atoms with Crippen LogP contribution in [0.4, 0.5) is 0 Å². The number of hydrogen-bond acceptors (Lipinski definition) is 5. The van der Waals surface area contributed by atoms with Gasteiger partial charge in [-0.15, -0.1) is 0 Å². The Hall–Kier alpha value is -2.44. The van der Waals surface area contributed by atoms with E-state index in [1.807, 2.05) is 36.4 Å². The highest BCUT2D eigenvalue weighted by atomic mass is 16.5. The molecule has 0 bridgehead atoms. The molecule has 6 nitrogen and oxygen atoms in total. The van der Waals surface area contributed by atoms with Gasteiger partial charge < -0.3 is 19.9 Å². The van der Waals surface area contributed by atoms with E-state index in [-0.39, 0.29) is 24.7 Å². The lowest BCUT2D eigenvalue weighted by molar-refractivity contribution is -0.124. The quantitative estimate of drug-likeness (QED) is 0.791. The molecule has 138 valence electrons. The monoisotopic (exact) mass is 356 g/mol. The van der Waals surface area contributed by atoms with Gasteiger partial charge in [-0.3, -0.25) is 9.78 Å². The van der Waals surface area contributed by atoms with Crippen LogP contribution < -0.4 is 10.1 Å². The summed E-state index contributed by atoms with van der Waals surface area (Å²) >= 11 is 0. The van der Waals surface area contributed by atoms with Crippen LogP contribution in [0, 0.1) is 0 Å². The normalized spacial score (nSPS) is 19.7. The Bertz CT molecular complexity index is 691. The predicted octanol–water partition coefficient (Wildman–Crippen LogP) is 1.86. The highest BCUT2D eigenvalue weighted by Crippen LogP contribution is 2.19. The van der Waals surface area contributed by atoms with Crippen molar-refractivity contribution in [3.05, 3.63) is 59.9 Å². The summed E-state index contributed by atoms with van der Waals surface area (Å²) in [6.07, 6.45) is 5.14. The molecule has 0 unspecified atom stereocenters. The predicted molar refractivity (Wildman–Crippen MR) is 96.7 cm³/mol. The molecule has 0 spiro atoms. The van der Waals surface area contributed by atoms with Gasteiger partial charge in [-0.1, -0.05) is 18.2 Å². The Morgan fingerprint density at radius 3 is 2.85 bits per heavy atom. The molecule has 1 aromatic carbocycles. The molecule has 2 N–H and O–H groups in total. The van der Waals surface area contributed by atoms with Crippen molar-refractivity contribution in [2.24, 2.45) is 0 Å². The summed E-state index contributed by atoms with van der Waals surface area (Å²) in [4.78, 5) is 16.4. The number of hydrogen-bond donors (Lipinski definition) is 2. The number of amides is 1. The molecule has 1 aliphatic rings.